The van der Waals surface area contributed by atoms with Crippen LogP contribution < -0.4 is 5.32 Å². The molecule has 0 saturated carbocycles. The highest BCUT2D eigenvalue weighted by Crippen LogP contribution is 2.23. The molecule has 2 aromatic heterocycles. The fourth-order valence-corrected chi connectivity index (χ4v) is 2.62. The number of aryl methyl sites for hydroxylation is 1. The monoisotopic (exact) mass is 338 g/mol. The van der Waals surface area contributed by atoms with Crippen LogP contribution in [-0.2, 0) is 20.7 Å². The molecule has 124 valence electrons. The van der Waals surface area contributed by atoms with Crippen LogP contribution >= 0.6 is 11.3 Å². The molecule has 0 spiro atoms. The number of hydrogen-bond acceptors (Lipinski definition) is 6. The van der Waals surface area contributed by atoms with Crippen molar-refractivity contribution in [2.24, 2.45) is 0 Å². The van der Waals surface area contributed by atoms with Gasteiger partial charge >= 0.3 is 5.97 Å². The van der Waals surface area contributed by atoms with Crippen molar-refractivity contribution in [2.45, 2.75) is 25.8 Å². The second-order valence-electron chi connectivity index (χ2n) is 4.95. The van der Waals surface area contributed by atoms with E-state index >= 15 is 0 Å². The lowest BCUT2D eigenvalue weighted by Crippen LogP contribution is -2.42. The van der Waals surface area contributed by atoms with E-state index in [9.17, 15) is 9.59 Å². The highest BCUT2D eigenvalue weighted by Gasteiger charge is 2.21. The number of nitrogens with one attached hydrogen (secondary N) is 1. The smallest absolute Gasteiger partial charge is 0.326 e. The van der Waals surface area contributed by atoms with Crippen LogP contribution in [0.1, 0.15) is 17.9 Å². The standard InChI is InChI=1S/C15H18N2O5S/c1-9-12(17-14(22-9)10-4-6-23-8-10)7-13(18)16-11(15(19)20)3-5-21-2/h4,6,8,11H,3,5,7H2,1-2H3,(H,16,18)(H,19,20). The Labute approximate surface area is 137 Å². The van der Waals surface area contributed by atoms with Gasteiger partial charge in [0.25, 0.3) is 0 Å². The van der Waals surface area contributed by atoms with Gasteiger partial charge in [-0.05, 0) is 18.4 Å². The quantitative estimate of drug-likeness (QED) is 0.762. The summed E-state index contributed by atoms with van der Waals surface area (Å²) in [5, 5.41) is 15.4. The predicted octanol–water partition coefficient (Wildman–Crippen LogP) is 1.86. The van der Waals surface area contributed by atoms with Gasteiger partial charge in [-0.25, -0.2) is 9.78 Å². The number of methoxy groups -OCH3 is 1. The first-order valence-corrected chi connectivity index (χ1v) is 7.95. The topological polar surface area (TPSA) is 102 Å². The van der Waals surface area contributed by atoms with Gasteiger partial charge in [0.05, 0.1) is 12.1 Å². The van der Waals surface area contributed by atoms with E-state index in [2.05, 4.69) is 10.3 Å². The fourth-order valence-electron chi connectivity index (χ4n) is 1.99. The number of carboxylic acid groups (broad SMARTS) is 1. The summed E-state index contributed by atoms with van der Waals surface area (Å²) in [6, 6.07) is 0.899. The zero-order chi connectivity index (χ0) is 16.8. The molecule has 1 amide bonds. The van der Waals surface area contributed by atoms with Gasteiger partial charge in [0, 0.05) is 31.1 Å². The summed E-state index contributed by atoms with van der Waals surface area (Å²) in [5.41, 5.74) is 1.35. The predicted molar refractivity (Wildman–Crippen MR) is 84.3 cm³/mol. The normalized spacial score (nSPS) is 12.1. The molecular weight excluding hydrogens is 320 g/mol. The number of carboxylic acids is 1. The van der Waals surface area contributed by atoms with Crippen molar-refractivity contribution in [1.29, 1.82) is 0 Å². The van der Waals surface area contributed by atoms with Crippen molar-refractivity contribution in [1.82, 2.24) is 10.3 Å². The molecule has 8 heteroatoms. The lowest BCUT2D eigenvalue weighted by atomic mass is 10.2. The van der Waals surface area contributed by atoms with Crippen molar-refractivity contribution in [3.63, 3.8) is 0 Å². The molecule has 2 heterocycles. The van der Waals surface area contributed by atoms with Crippen LogP contribution in [0.3, 0.4) is 0 Å². The maximum Gasteiger partial charge on any atom is 0.326 e. The van der Waals surface area contributed by atoms with Crippen molar-refractivity contribution in [2.75, 3.05) is 13.7 Å². The first kappa shape index (κ1) is 17.2. The molecule has 0 aliphatic heterocycles. The number of hydrogen-bond donors (Lipinski definition) is 2. The average Bonchev–Trinajstić information content (AvgIpc) is 3.13. The molecule has 7 nitrogen and oxygen atoms in total. The summed E-state index contributed by atoms with van der Waals surface area (Å²) in [6.07, 6.45) is 0.172. The van der Waals surface area contributed by atoms with Crippen LogP contribution in [0.2, 0.25) is 0 Å². The molecule has 0 aliphatic carbocycles. The molecule has 0 saturated heterocycles. The van der Waals surface area contributed by atoms with Crippen LogP contribution in [0.4, 0.5) is 0 Å². The molecule has 2 aromatic rings. The number of thiophene rings is 1. The van der Waals surface area contributed by atoms with E-state index in [0.29, 0.717) is 17.3 Å². The van der Waals surface area contributed by atoms with Gasteiger partial charge in [0.1, 0.15) is 11.8 Å². The molecule has 1 unspecified atom stereocenters. The van der Waals surface area contributed by atoms with Crippen LogP contribution in [-0.4, -0.2) is 41.7 Å². The van der Waals surface area contributed by atoms with Crippen LogP contribution in [0.15, 0.2) is 21.2 Å². The number of aliphatic carboxylic acids is 1. The summed E-state index contributed by atoms with van der Waals surface area (Å²) in [6.45, 7) is 1.98. The van der Waals surface area contributed by atoms with Gasteiger partial charge in [-0.1, -0.05) is 0 Å². The molecule has 0 aliphatic rings. The van der Waals surface area contributed by atoms with Gasteiger partial charge in [-0.15, -0.1) is 0 Å². The Morgan fingerprint density at radius 2 is 2.30 bits per heavy atom. The first-order valence-electron chi connectivity index (χ1n) is 7.01. The summed E-state index contributed by atoms with van der Waals surface area (Å²) in [7, 11) is 1.48. The molecule has 23 heavy (non-hydrogen) atoms. The van der Waals surface area contributed by atoms with Crippen molar-refractivity contribution in [3.05, 3.63) is 28.3 Å². The van der Waals surface area contributed by atoms with Gasteiger partial charge in [0.15, 0.2) is 0 Å². The number of amides is 1. The Balaban J connectivity index is 2.01. The second-order valence-corrected chi connectivity index (χ2v) is 5.73. The minimum Gasteiger partial charge on any atom is -0.480 e. The Kier molecular flexibility index (Phi) is 5.89. The number of rotatable bonds is 8. The molecular formula is C15H18N2O5S. The molecule has 0 fully saturated rings. The number of carbonyl (C=O) groups is 2. The first-order chi connectivity index (χ1) is 11.0. The van der Waals surface area contributed by atoms with Gasteiger partial charge < -0.3 is 19.6 Å². The summed E-state index contributed by atoms with van der Waals surface area (Å²) in [4.78, 5) is 27.5. The number of aromatic nitrogens is 1. The average molecular weight is 338 g/mol. The summed E-state index contributed by atoms with van der Waals surface area (Å²) in [5.74, 6) is -0.501. The Morgan fingerprint density at radius 1 is 1.52 bits per heavy atom. The second kappa shape index (κ2) is 7.89. The van der Waals surface area contributed by atoms with Crippen molar-refractivity contribution < 1.29 is 23.8 Å². The lowest BCUT2D eigenvalue weighted by Gasteiger charge is -2.13. The van der Waals surface area contributed by atoms with Crippen molar-refractivity contribution >= 4 is 23.2 Å². The number of carbonyl (C=O) groups excluding carboxylic acids is 1. The number of nitrogens with zero attached hydrogens (tertiary/aromatic N) is 1. The molecule has 2 N–H and O–H groups in total. The van der Waals surface area contributed by atoms with Gasteiger partial charge in [-0.2, -0.15) is 11.3 Å². The maximum atomic E-state index is 12.0. The van der Waals surface area contributed by atoms with E-state index in [1.165, 1.54) is 18.4 Å². The van der Waals surface area contributed by atoms with E-state index < -0.39 is 17.9 Å². The maximum absolute atomic E-state index is 12.0. The SMILES string of the molecule is COCCC(NC(=O)Cc1nc(-c2ccsc2)oc1C)C(=O)O. The minimum atomic E-state index is -1.09. The third-order valence-electron chi connectivity index (χ3n) is 3.23. The number of oxazole rings is 1. The molecule has 0 bridgehead atoms. The molecule has 0 aromatic carbocycles. The third-order valence-corrected chi connectivity index (χ3v) is 3.92. The Morgan fingerprint density at radius 3 is 2.91 bits per heavy atom. The zero-order valence-corrected chi connectivity index (χ0v) is 13.7. The summed E-state index contributed by atoms with van der Waals surface area (Å²) >= 11 is 1.53. The van der Waals surface area contributed by atoms with E-state index in [-0.39, 0.29) is 19.4 Å². The van der Waals surface area contributed by atoms with E-state index in [4.69, 9.17) is 14.3 Å². The highest BCUT2D eigenvalue weighted by molar-refractivity contribution is 7.08. The molecule has 0 radical (unpaired) electrons. The molecule has 1 atom stereocenters. The van der Waals surface area contributed by atoms with Gasteiger partial charge in [0.2, 0.25) is 11.8 Å². The van der Waals surface area contributed by atoms with E-state index in [0.717, 1.165) is 5.56 Å². The third kappa shape index (κ3) is 4.64. The molecule has 2 rings (SSSR count). The van der Waals surface area contributed by atoms with Gasteiger partial charge in [-0.3, -0.25) is 4.79 Å². The highest BCUT2D eigenvalue weighted by atomic mass is 32.1. The Hall–Kier alpha value is -2.19. The van der Waals surface area contributed by atoms with Crippen LogP contribution in [0.5, 0.6) is 0 Å². The van der Waals surface area contributed by atoms with Crippen LogP contribution in [0, 0.1) is 6.92 Å². The van der Waals surface area contributed by atoms with Crippen molar-refractivity contribution in [3.8, 4) is 11.5 Å². The fraction of sp³-hybridized carbons (Fsp3) is 0.400. The zero-order valence-electron chi connectivity index (χ0n) is 12.9. The summed E-state index contributed by atoms with van der Waals surface area (Å²) < 4.78 is 10.4. The Bertz CT molecular complexity index is 665. The minimum absolute atomic E-state index is 0.0315. The number of ether oxygens (including phenoxy) is 1. The largest absolute Gasteiger partial charge is 0.480 e. The van der Waals surface area contributed by atoms with E-state index in [1.807, 2.05) is 16.8 Å². The van der Waals surface area contributed by atoms with E-state index in [1.54, 1.807) is 6.92 Å². The van der Waals surface area contributed by atoms with Crippen LogP contribution in [0.25, 0.3) is 11.5 Å². The lowest BCUT2D eigenvalue weighted by molar-refractivity contribution is -0.142.